The number of hydrogen-bond acceptors (Lipinski definition) is 2. The molecule has 0 saturated heterocycles. The maximum absolute atomic E-state index is 11.9. The number of amides is 1. The lowest BCUT2D eigenvalue weighted by Gasteiger charge is -2.30. The largest absolute Gasteiger partial charge is 0.388 e. The molecule has 0 rings (SSSR count). The first-order valence-electron chi connectivity index (χ1n) is 6.76. The van der Waals surface area contributed by atoms with Crippen molar-refractivity contribution in [3.8, 4) is 0 Å². The first kappa shape index (κ1) is 16.4. The van der Waals surface area contributed by atoms with Crippen molar-refractivity contribution in [1.29, 1.82) is 0 Å². The summed E-state index contributed by atoms with van der Waals surface area (Å²) >= 11 is 0. The zero-order chi connectivity index (χ0) is 13.6. The van der Waals surface area contributed by atoms with Crippen molar-refractivity contribution in [2.24, 2.45) is 17.8 Å². The van der Waals surface area contributed by atoms with E-state index >= 15 is 0 Å². The molecule has 0 aliphatic heterocycles. The molecule has 0 aromatic heterocycles. The van der Waals surface area contributed by atoms with Gasteiger partial charge in [-0.2, -0.15) is 0 Å². The van der Waals surface area contributed by atoms with Crippen LogP contribution in [0.15, 0.2) is 0 Å². The van der Waals surface area contributed by atoms with Crippen LogP contribution in [0.2, 0.25) is 0 Å². The lowest BCUT2D eigenvalue weighted by atomic mass is 9.88. The normalized spacial score (nSPS) is 20.2. The van der Waals surface area contributed by atoms with Gasteiger partial charge in [0, 0.05) is 12.5 Å². The molecule has 0 bridgehead atoms. The molecule has 0 spiro atoms. The summed E-state index contributed by atoms with van der Waals surface area (Å²) in [6.45, 7) is 12.3. The molecule has 102 valence electrons. The van der Waals surface area contributed by atoms with E-state index in [9.17, 15) is 9.90 Å². The third kappa shape index (κ3) is 5.07. The highest BCUT2D eigenvalue weighted by atomic mass is 16.3. The number of aliphatic hydroxyl groups is 1. The van der Waals surface area contributed by atoms with Crippen LogP contribution in [0.5, 0.6) is 0 Å². The van der Waals surface area contributed by atoms with Crippen molar-refractivity contribution in [3.63, 3.8) is 0 Å². The van der Waals surface area contributed by atoms with Crippen LogP contribution < -0.4 is 5.32 Å². The van der Waals surface area contributed by atoms with Crippen LogP contribution >= 0.6 is 0 Å². The summed E-state index contributed by atoms with van der Waals surface area (Å²) in [6, 6.07) is 0. The minimum absolute atomic E-state index is 0.00716. The Hall–Kier alpha value is -0.570. The van der Waals surface area contributed by atoms with Gasteiger partial charge in [0.2, 0.25) is 5.91 Å². The maximum atomic E-state index is 11.9. The van der Waals surface area contributed by atoms with Crippen molar-refractivity contribution >= 4 is 5.91 Å². The molecule has 4 atom stereocenters. The highest BCUT2D eigenvalue weighted by molar-refractivity contribution is 5.78. The Balaban J connectivity index is 4.24. The second-order valence-corrected chi connectivity index (χ2v) is 5.56. The van der Waals surface area contributed by atoms with Gasteiger partial charge in [0.25, 0.3) is 0 Å². The molecule has 4 unspecified atom stereocenters. The van der Waals surface area contributed by atoms with Gasteiger partial charge in [0.1, 0.15) is 0 Å². The van der Waals surface area contributed by atoms with Crippen LogP contribution in [0.1, 0.15) is 54.4 Å². The van der Waals surface area contributed by atoms with Crippen LogP contribution in [0.25, 0.3) is 0 Å². The molecular formula is C14H29NO2. The smallest absolute Gasteiger partial charge is 0.223 e. The van der Waals surface area contributed by atoms with Crippen LogP contribution in [-0.2, 0) is 4.79 Å². The molecule has 0 heterocycles. The van der Waals surface area contributed by atoms with Gasteiger partial charge in [0.15, 0.2) is 0 Å². The van der Waals surface area contributed by atoms with E-state index in [-0.39, 0.29) is 17.7 Å². The molecule has 0 aliphatic carbocycles. The van der Waals surface area contributed by atoms with Gasteiger partial charge >= 0.3 is 0 Å². The second-order valence-electron chi connectivity index (χ2n) is 5.56. The molecule has 3 heteroatoms. The van der Waals surface area contributed by atoms with Gasteiger partial charge in [0.05, 0.1) is 5.60 Å². The average molecular weight is 243 g/mol. The SMILES string of the molecule is CCC(C)C(C)C(=O)NCC(C)(O)C(C)CC. The number of hydrogen-bond donors (Lipinski definition) is 2. The predicted molar refractivity (Wildman–Crippen MR) is 71.7 cm³/mol. The molecule has 0 aromatic rings. The van der Waals surface area contributed by atoms with E-state index in [4.69, 9.17) is 0 Å². The Bertz CT molecular complexity index is 238. The number of carbonyl (C=O) groups excluding carboxylic acids is 1. The van der Waals surface area contributed by atoms with Gasteiger partial charge in [-0.25, -0.2) is 0 Å². The summed E-state index contributed by atoms with van der Waals surface area (Å²) in [6.07, 6.45) is 1.90. The third-order valence-electron chi connectivity index (χ3n) is 4.21. The Kier molecular flexibility index (Phi) is 6.76. The first-order chi connectivity index (χ1) is 7.76. The van der Waals surface area contributed by atoms with E-state index in [1.165, 1.54) is 0 Å². The van der Waals surface area contributed by atoms with Crippen LogP contribution in [-0.4, -0.2) is 23.2 Å². The molecular weight excluding hydrogens is 214 g/mol. The number of carbonyl (C=O) groups is 1. The Labute approximate surface area is 106 Å². The fourth-order valence-corrected chi connectivity index (χ4v) is 1.65. The summed E-state index contributed by atoms with van der Waals surface area (Å²) in [4.78, 5) is 11.9. The number of nitrogens with one attached hydrogen (secondary N) is 1. The molecule has 0 radical (unpaired) electrons. The van der Waals surface area contributed by atoms with Crippen molar-refractivity contribution in [2.75, 3.05) is 6.54 Å². The Morgan fingerprint density at radius 3 is 2.18 bits per heavy atom. The Morgan fingerprint density at radius 2 is 1.76 bits per heavy atom. The Morgan fingerprint density at radius 1 is 1.24 bits per heavy atom. The average Bonchev–Trinajstić information content (AvgIpc) is 2.32. The zero-order valence-electron chi connectivity index (χ0n) is 12.2. The molecule has 0 aromatic carbocycles. The molecule has 0 aliphatic rings. The summed E-state index contributed by atoms with van der Waals surface area (Å²) in [5, 5.41) is 13.1. The van der Waals surface area contributed by atoms with Gasteiger partial charge in [-0.3, -0.25) is 4.79 Å². The van der Waals surface area contributed by atoms with Crippen LogP contribution in [0.4, 0.5) is 0 Å². The van der Waals surface area contributed by atoms with E-state index in [1.807, 2.05) is 20.8 Å². The lowest BCUT2D eigenvalue weighted by Crippen LogP contribution is -2.46. The highest BCUT2D eigenvalue weighted by Gasteiger charge is 2.28. The van der Waals surface area contributed by atoms with E-state index in [0.717, 1.165) is 12.8 Å². The van der Waals surface area contributed by atoms with Crippen molar-refractivity contribution < 1.29 is 9.90 Å². The van der Waals surface area contributed by atoms with Crippen LogP contribution in [0.3, 0.4) is 0 Å². The highest BCUT2D eigenvalue weighted by Crippen LogP contribution is 2.20. The quantitative estimate of drug-likeness (QED) is 0.722. The predicted octanol–water partition coefficient (Wildman–Crippen LogP) is 2.58. The first-order valence-corrected chi connectivity index (χ1v) is 6.76. The minimum Gasteiger partial charge on any atom is -0.388 e. The van der Waals surface area contributed by atoms with Crippen LogP contribution in [0, 0.1) is 17.8 Å². The summed E-state index contributed by atoms with van der Waals surface area (Å²) in [5.41, 5.74) is -0.820. The monoisotopic (exact) mass is 243 g/mol. The molecule has 17 heavy (non-hydrogen) atoms. The zero-order valence-corrected chi connectivity index (χ0v) is 12.2. The molecule has 0 fully saturated rings. The molecule has 0 saturated carbocycles. The van der Waals surface area contributed by atoms with E-state index in [2.05, 4.69) is 19.2 Å². The van der Waals surface area contributed by atoms with Gasteiger partial charge in [-0.1, -0.05) is 47.5 Å². The second kappa shape index (κ2) is 7.00. The van der Waals surface area contributed by atoms with Crippen molar-refractivity contribution in [3.05, 3.63) is 0 Å². The van der Waals surface area contributed by atoms with Crippen molar-refractivity contribution in [2.45, 2.75) is 60.0 Å². The van der Waals surface area contributed by atoms with Gasteiger partial charge in [-0.05, 0) is 18.8 Å². The summed E-state index contributed by atoms with van der Waals surface area (Å²) in [5.74, 6) is 0.612. The summed E-state index contributed by atoms with van der Waals surface area (Å²) in [7, 11) is 0. The van der Waals surface area contributed by atoms with E-state index in [1.54, 1.807) is 6.92 Å². The molecule has 2 N–H and O–H groups in total. The fraction of sp³-hybridized carbons (Fsp3) is 0.929. The van der Waals surface area contributed by atoms with Gasteiger partial charge < -0.3 is 10.4 Å². The molecule has 3 nitrogen and oxygen atoms in total. The lowest BCUT2D eigenvalue weighted by molar-refractivity contribution is -0.127. The standard InChI is InChI=1S/C14H29NO2/c1-7-10(3)12(5)13(16)15-9-14(6,17)11(4)8-2/h10-12,17H,7-9H2,1-6H3,(H,15,16). The van der Waals surface area contributed by atoms with E-state index in [0.29, 0.717) is 12.5 Å². The third-order valence-corrected chi connectivity index (χ3v) is 4.21. The van der Waals surface area contributed by atoms with Gasteiger partial charge in [-0.15, -0.1) is 0 Å². The summed E-state index contributed by atoms with van der Waals surface area (Å²) < 4.78 is 0. The van der Waals surface area contributed by atoms with E-state index < -0.39 is 5.60 Å². The minimum atomic E-state index is -0.820. The fourth-order valence-electron chi connectivity index (χ4n) is 1.65. The maximum Gasteiger partial charge on any atom is 0.223 e. The van der Waals surface area contributed by atoms with Crippen molar-refractivity contribution in [1.82, 2.24) is 5.32 Å². The number of rotatable bonds is 7. The topological polar surface area (TPSA) is 49.3 Å². The molecule has 1 amide bonds.